The Hall–Kier alpha value is -2.56. The van der Waals surface area contributed by atoms with Crippen LogP contribution < -0.4 is 9.47 Å². The van der Waals surface area contributed by atoms with Crippen molar-refractivity contribution in [3.8, 4) is 17.2 Å². The highest BCUT2D eigenvalue weighted by atomic mass is 19.1. The van der Waals surface area contributed by atoms with E-state index >= 15 is 0 Å². The van der Waals surface area contributed by atoms with E-state index in [1.165, 1.54) is 37.4 Å². The summed E-state index contributed by atoms with van der Waals surface area (Å²) >= 11 is 0. The summed E-state index contributed by atoms with van der Waals surface area (Å²) in [5, 5.41) is 9.12. The van der Waals surface area contributed by atoms with E-state index in [1.54, 1.807) is 13.0 Å². The molecule has 20 heavy (non-hydrogen) atoms. The average Bonchev–Trinajstić information content (AvgIpc) is 2.42. The second-order valence-corrected chi connectivity index (χ2v) is 4.20. The van der Waals surface area contributed by atoms with Crippen LogP contribution in [0.1, 0.15) is 15.9 Å². The third-order valence-corrected chi connectivity index (χ3v) is 2.73. The minimum absolute atomic E-state index is 0.0271. The number of carbonyl (C=O) groups is 1. The Morgan fingerprint density at radius 1 is 1.15 bits per heavy atom. The Kier molecular flexibility index (Phi) is 3.89. The van der Waals surface area contributed by atoms with Crippen molar-refractivity contribution in [2.45, 2.75) is 6.92 Å². The molecule has 0 aromatic heterocycles. The summed E-state index contributed by atoms with van der Waals surface area (Å²) in [5.74, 6) is -1.29. The van der Waals surface area contributed by atoms with Gasteiger partial charge in [-0.05, 0) is 36.8 Å². The van der Waals surface area contributed by atoms with E-state index in [0.717, 1.165) is 5.56 Å². The van der Waals surface area contributed by atoms with E-state index in [9.17, 15) is 9.18 Å². The first kappa shape index (κ1) is 13.9. The molecule has 0 bridgehead atoms. The summed E-state index contributed by atoms with van der Waals surface area (Å²) in [6, 6.07) is 8.63. The van der Waals surface area contributed by atoms with Gasteiger partial charge in [0.25, 0.3) is 0 Å². The maximum absolute atomic E-state index is 13.7. The summed E-state index contributed by atoms with van der Waals surface area (Å²) in [5.41, 5.74) is 0.743. The maximum atomic E-state index is 13.7. The van der Waals surface area contributed by atoms with Gasteiger partial charge in [-0.15, -0.1) is 0 Å². The SMILES string of the molecule is COc1ccc(C(=O)O)c(Oc2cc(C)ccc2F)c1. The Morgan fingerprint density at radius 3 is 2.55 bits per heavy atom. The van der Waals surface area contributed by atoms with Gasteiger partial charge in [-0.25, -0.2) is 9.18 Å². The lowest BCUT2D eigenvalue weighted by Crippen LogP contribution is -2.01. The minimum Gasteiger partial charge on any atom is -0.497 e. The van der Waals surface area contributed by atoms with Gasteiger partial charge in [0.05, 0.1) is 7.11 Å². The molecule has 0 fully saturated rings. The van der Waals surface area contributed by atoms with Crippen LogP contribution in [0.4, 0.5) is 4.39 Å². The highest BCUT2D eigenvalue weighted by molar-refractivity contribution is 5.91. The van der Waals surface area contributed by atoms with E-state index < -0.39 is 11.8 Å². The highest BCUT2D eigenvalue weighted by Crippen LogP contribution is 2.31. The number of carboxylic acids is 1. The molecular weight excluding hydrogens is 263 g/mol. The molecule has 2 rings (SSSR count). The largest absolute Gasteiger partial charge is 0.497 e. The summed E-state index contributed by atoms with van der Waals surface area (Å²) in [7, 11) is 1.45. The zero-order valence-corrected chi connectivity index (χ0v) is 11.0. The van der Waals surface area contributed by atoms with Gasteiger partial charge in [0.1, 0.15) is 17.1 Å². The van der Waals surface area contributed by atoms with Gasteiger partial charge in [0.2, 0.25) is 0 Å². The van der Waals surface area contributed by atoms with Gasteiger partial charge in [-0.3, -0.25) is 0 Å². The van der Waals surface area contributed by atoms with Crippen LogP contribution in [0.5, 0.6) is 17.2 Å². The molecule has 2 aromatic rings. The lowest BCUT2D eigenvalue weighted by molar-refractivity contribution is 0.0694. The van der Waals surface area contributed by atoms with Crippen LogP contribution in [0, 0.1) is 12.7 Å². The van der Waals surface area contributed by atoms with E-state index in [0.29, 0.717) is 5.75 Å². The number of ether oxygens (including phenoxy) is 2. The average molecular weight is 276 g/mol. The fourth-order valence-corrected chi connectivity index (χ4v) is 1.70. The Balaban J connectivity index is 2.45. The first-order valence-electron chi connectivity index (χ1n) is 5.86. The highest BCUT2D eigenvalue weighted by Gasteiger charge is 2.15. The Labute approximate surface area is 115 Å². The fourth-order valence-electron chi connectivity index (χ4n) is 1.70. The number of rotatable bonds is 4. The van der Waals surface area contributed by atoms with Crippen molar-refractivity contribution in [3.05, 3.63) is 53.3 Å². The number of carboxylic acid groups (broad SMARTS) is 1. The monoisotopic (exact) mass is 276 g/mol. The zero-order valence-electron chi connectivity index (χ0n) is 11.0. The topological polar surface area (TPSA) is 55.8 Å². The van der Waals surface area contributed by atoms with Crippen molar-refractivity contribution in [2.24, 2.45) is 0 Å². The molecule has 0 radical (unpaired) electrons. The fraction of sp³-hybridized carbons (Fsp3) is 0.133. The molecule has 0 aliphatic carbocycles. The molecule has 5 heteroatoms. The molecule has 0 amide bonds. The molecule has 0 saturated carbocycles. The van der Waals surface area contributed by atoms with E-state index in [2.05, 4.69) is 0 Å². The predicted molar refractivity (Wildman–Crippen MR) is 71.2 cm³/mol. The second-order valence-electron chi connectivity index (χ2n) is 4.20. The first-order valence-corrected chi connectivity index (χ1v) is 5.86. The second kappa shape index (κ2) is 5.61. The molecule has 0 aliphatic rings. The number of halogens is 1. The van der Waals surface area contributed by atoms with E-state index in [-0.39, 0.29) is 17.1 Å². The van der Waals surface area contributed by atoms with Gasteiger partial charge in [-0.1, -0.05) is 6.07 Å². The molecule has 0 saturated heterocycles. The Morgan fingerprint density at radius 2 is 1.90 bits per heavy atom. The van der Waals surface area contributed by atoms with Crippen LogP contribution in [0.15, 0.2) is 36.4 Å². The van der Waals surface area contributed by atoms with Crippen molar-refractivity contribution in [2.75, 3.05) is 7.11 Å². The van der Waals surface area contributed by atoms with Gasteiger partial charge in [-0.2, -0.15) is 0 Å². The molecule has 1 N–H and O–H groups in total. The molecule has 2 aromatic carbocycles. The molecule has 0 atom stereocenters. The lowest BCUT2D eigenvalue weighted by atomic mass is 10.2. The zero-order chi connectivity index (χ0) is 14.7. The van der Waals surface area contributed by atoms with Crippen LogP contribution in [0.25, 0.3) is 0 Å². The maximum Gasteiger partial charge on any atom is 0.339 e. The lowest BCUT2D eigenvalue weighted by Gasteiger charge is -2.11. The van der Waals surface area contributed by atoms with Gasteiger partial charge >= 0.3 is 5.97 Å². The van der Waals surface area contributed by atoms with E-state index in [4.69, 9.17) is 14.6 Å². The number of hydrogen-bond donors (Lipinski definition) is 1. The minimum atomic E-state index is -1.16. The third-order valence-electron chi connectivity index (χ3n) is 2.73. The number of benzene rings is 2. The van der Waals surface area contributed by atoms with Gasteiger partial charge in [0, 0.05) is 6.07 Å². The van der Waals surface area contributed by atoms with Crippen molar-refractivity contribution in [3.63, 3.8) is 0 Å². The molecule has 0 aliphatic heterocycles. The van der Waals surface area contributed by atoms with Crippen molar-refractivity contribution in [1.82, 2.24) is 0 Å². The van der Waals surface area contributed by atoms with Crippen LogP contribution >= 0.6 is 0 Å². The molecule has 0 spiro atoms. The first-order chi connectivity index (χ1) is 9.51. The molecule has 4 nitrogen and oxygen atoms in total. The molecular formula is C15H13FO4. The van der Waals surface area contributed by atoms with E-state index in [1.807, 2.05) is 0 Å². The number of aryl methyl sites for hydroxylation is 1. The third kappa shape index (κ3) is 2.88. The molecule has 0 unspecified atom stereocenters. The van der Waals surface area contributed by atoms with Crippen LogP contribution in [-0.2, 0) is 0 Å². The normalized spacial score (nSPS) is 10.2. The number of hydrogen-bond acceptors (Lipinski definition) is 3. The Bertz CT molecular complexity index is 652. The molecule has 0 heterocycles. The smallest absolute Gasteiger partial charge is 0.339 e. The van der Waals surface area contributed by atoms with Gasteiger partial charge in [0.15, 0.2) is 11.6 Å². The van der Waals surface area contributed by atoms with Crippen LogP contribution in [-0.4, -0.2) is 18.2 Å². The van der Waals surface area contributed by atoms with Gasteiger partial charge < -0.3 is 14.6 Å². The summed E-state index contributed by atoms with van der Waals surface area (Å²) in [6.45, 7) is 1.79. The van der Waals surface area contributed by atoms with Crippen molar-refractivity contribution in [1.29, 1.82) is 0 Å². The van der Waals surface area contributed by atoms with Crippen molar-refractivity contribution >= 4 is 5.97 Å². The number of methoxy groups -OCH3 is 1. The standard InChI is InChI=1S/C15H13FO4/c1-9-3-6-12(16)14(7-9)20-13-8-10(19-2)4-5-11(13)15(17)18/h3-8H,1-2H3,(H,17,18). The molecule has 104 valence electrons. The number of aromatic carboxylic acids is 1. The quantitative estimate of drug-likeness (QED) is 0.926. The van der Waals surface area contributed by atoms with Crippen molar-refractivity contribution < 1.29 is 23.8 Å². The van der Waals surface area contributed by atoms with Crippen LogP contribution in [0.3, 0.4) is 0 Å². The summed E-state index contributed by atoms with van der Waals surface area (Å²) < 4.78 is 24.1. The summed E-state index contributed by atoms with van der Waals surface area (Å²) in [4.78, 5) is 11.1. The van der Waals surface area contributed by atoms with Crippen LogP contribution in [0.2, 0.25) is 0 Å². The summed E-state index contributed by atoms with van der Waals surface area (Å²) in [6.07, 6.45) is 0. The predicted octanol–water partition coefficient (Wildman–Crippen LogP) is 3.63.